The lowest BCUT2D eigenvalue weighted by Gasteiger charge is -2.35. The number of nitrogens with zero attached hydrogens (tertiary/aromatic N) is 5. The molecule has 0 aliphatic carbocycles. The van der Waals surface area contributed by atoms with Crippen molar-refractivity contribution in [1.29, 1.82) is 0 Å². The van der Waals surface area contributed by atoms with E-state index in [1.54, 1.807) is 0 Å². The maximum atomic E-state index is 16.7. The van der Waals surface area contributed by atoms with Crippen molar-refractivity contribution in [3.8, 4) is 23.1 Å². The van der Waals surface area contributed by atoms with Gasteiger partial charge >= 0.3 is 12.2 Å². The number of aromatic nitrogens is 3. The number of methoxy groups -OCH3 is 1. The highest BCUT2D eigenvalue weighted by Gasteiger charge is 2.49. The van der Waals surface area contributed by atoms with Crippen LogP contribution >= 0.6 is 0 Å². The number of hydrogen-bond donors (Lipinski definition) is 1. The van der Waals surface area contributed by atoms with Crippen LogP contribution in [-0.2, 0) is 6.18 Å². The largest absolute Gasteiger partial charge is 0.480 e. The van der Waals surface area contributed by atoms with Crippen LogP contribution in [0.25, 0.3) is 22.2 Å². The fraction of sp³-hybridized carbons (Fsp3) is 0.581. The fourth-order valence-corrected chi connectivity index (χ4v) is 7.17. The first-order valence-electron chi connectivity index (χ1n) is 15.3. The number of halogens is 7. The molecule has 1 aromatic carbocycles. The zero-order valence-corrected chi connectivity index (χ0v) is 25.7. The number of rotatable bonds is 8. The summed E-state index contributed by atoms with van der Waals surface area (Å²) in [7, 11) is 1.22. The molecular formula is C31H35F7N6O2. The molecule has 2 aromatic heterocycles. The third-order valence-electron chi connectivity index (χ3n) is 9.33. The van der Waals surface area contributed by atoms with E-state index in [-0.39, 0.29) is 48.7 Å². The van der Waals surface area contributed by atoms with Gasteiger partial charge in [0, 0.05) is 49.8 Å². The SMILES string of the molecule is CC[C@@H]1CN(c2nc(OC[C@@]34CCCN3C[C@H](F)C4)nc3c(F)c(-c4cc(C(F)F)cc(C)c4C(F)(F)F)nc(OC)c23)CCN1. The van der Waals surface area contributed by atoms with Crippen LogP contribution in [0.4, 0.5) is 36.6 Å². The van der Waals surface area contributed by atoms with Crippen LogP contribution in [0.5, 0.6) is 11.9 Å². The van der Waals surface area contributed by atoms with Gasteiger partial charge in [-0.25, -0.2) is 22.5 Å². The molecule has 6 rings (SSSR count). The first-order chi connectivity index (χ1) is 21.8. The minimum absolute atomic E-state index is 0.00786. The fourth-order valence-electron chi connectivity index (χ4n) is 7.17. The van der Waals surface area contributed by atoms with E-state index >= 15 is 4.39 Å². The Morgan fingerprint density at radius 3 is 2.61 bits per heavy atom. The first-order valence-corrected chi connectivity index (χ1v) is 15.3. The number of aryl methyl sites for hydroxylation is 1. The Balaban J connectivity index is 1.55. The van der Waals surface area contributed by atoms with E-state index < -0.39 is 63.6 Å². The number of anilines is 1. The van der Waals surface area contributed by atoms with E-state index in [9.17, 15) is 26.3 Å². The van der Waals surface area contributed by atoms with Gasteiger partial charge in [0.1, 0.15) is 35.2 Å². The summed E-state index contributed by atoms with van der Waals surface area (Å²) in [6.45, 7) is 5.54. The van der Waals surface area contributed by atoms with Gasteiger partial charge in [0.2, 0.25) is 5.88 Å². The molecule has 1 N–H and O–H groups in total. The van der Waals surface area contributed by atoms with Gasteiger partial charge in [0.05, 0.1) is 18.2 Å². The second-order valence-corrected chi connectivity index (χ2v) is 12.3. The van der Waals surface area contributed by atoms with Crippen LogP contribution in [0.15, 0.2) is 12.1 Å². The van der Waals surface area contributed by atoms with Crippen molar-refractivity contribution < 1.29 is 40.2 Å². The summed E-state index contributed by atoms with van der Waals surface area (Å²) in [5, 5.41) is 3.39. The molecule has 3 atom stereocenters. The molecule has 3 aliphatic rings. The van der Waals surface area contributed by atoms with E-state index in [4.69, 9.17) is 9.47 Å². The smallest absolute Gasteiger partial charge is 0.417 e. The lowest BCUT2D eigenvalue weighted by atomic mass is 9.94. The summed E-state index contributed by atoms with van der Waals surface area (Å²) in [6, 6.07) is 1.14. The normalized spacial score (nSPS) is 23.8. The van der Waals surface area contributed by atoms with Gasteiger partial charge in [-0.2, -0.15) is 23.1 Å². The average Bonchev–Trinajstić information content (AvgIpc) is 3.54. The van der Waals surface area contributed by atoms with Gasteiger partial charge in [-0.05, 0) is 50.4 Å². The second kappa shape index (κ2) is 12.3. The van der Waals surface area contributed by atoms with Crippen LogP contribution in [0.2, 0.25) is 0 Å². The van der Waals surface area contributed by atoms with E-state index in [0.717, 1.165) is 25.8 Å². The van der Waals surface area contributed by atoms with Gasteiger partial charge in [0.25, 0.3) is 6.43 Å². The van der Waals surface area contributed by atoms with Crippen molar-refractivity contribution in [2.75, 3.05) is 51.3 Å². The lowest BCUT2D eigenvalue weighted by Crippen LogP contribution is -2.50. The molecule has 3 aromatic rings. The summed E-state index contributed by atoms with van der Waals surface area (Å²) in [5.74, 6) is -1.34. The number of ether oxygens (including phenoxy) is 2. The summed E-state index contributed by atoms with van der Waals surface area (Å²) >= 11 is 0. The van der Waals surface area contributed by atoms with Crippen molar-refractivity contribution in [3.05, 3.63) is 34.6 Å². The zero-order chi connectivity index (χ0) is 33.0. The molecule has 0 amide bonds. The minimum atomic E-state index is -5.01. The number of pyridine rings is 1. The van der Waals surface area contributed by atoms with Crippen molar-refractivity contribution >= 4 is 16.7 Å². The Morgan fingerprint density at radius 1 is 1.13 bits per heavy atom. The van der Waals surface area contributed by atoms with Gasteiger partial charge in [0.15, 0.2) is 5.82 Å². The Bertz CT molecular complexity index is 1620. The molecule has 3 saturated heterocycles. The Labute approximate surface area is 261 Å². The molecule has 3 fully saturated rings. The summed E-state index contributed by atoms with van der Waals surface area (Å²) < 4.78 is 113. The highest BCUT2D eigenvalue weighted by atomic mass is 19.4. The average molecular weight is 657 g/mol. The predicted molar refractivity (Wildman–Crippen MR) is 157 cm³/mol. The standard InChI is InChI=1S/C31H35F7N6O2/c1-4-19-14-43(9-7-39-19)27-21-25(41-29(42-27)46-15-30-6-5-8-44(30)13-18(32)12-30)23(33)24(40-28(21)45-3)20-11-17(26(34)35)10-16(2)22(20)31(36,37)38/h10-11,18-19,26,39H,4-9,12-15H2,1-3H3/t18-,19-,30+/m1/s1. The maximum absolute atomic E-state index is 16.7. The molecule has 15 heteroatoms. The highest BCUT2D eigenvalue weighted by molar-refractivity contribution is 5.97. The Hall–Kier alpha value is -3.46. The number of benzene rings is 1. The molecule has 0 saturated carbocycles. The van der Waals surface area contributed by atoms with Gasteiger partial charge in [-0.15, -0.1) is 0 Å². The monoisotopic (exact) mass is 656 g/mol. The second-order valence-electron chi connectivity index (χ2n) is 12.3. The van der Waals surface area contributed by atoms with Crippen LogP contribution < -0.4 is 19.7 Å². The van der Waals surface area contributed by atoms with E-state index in [0.29, 0.717) is 38.7 Å². The Morgan fingerprint density at radius 2 is 1.91 bits per heavy atom. The van der Waals surface area contributed by atoms with E-state index in [1.165, 1.54) is 7.11 Å². The highest BCUT2D eigenvalue weighted by Crippen LogP contribution is 2.45. The number of fused-ring (bicyclic) bond motifs is 2. The van der Waals surface area contributed by atoms with Crippen LogP contribution in [0, 0.1) is 12.7 Å². The van der Waals surface area contributed by atoms with Crippen molar-refractivity contribution in [2.45, 2.75) is 69.9 Å². The molecule has 0 bridgehead atoms. The van der Waals surface area contributed by atoms with Gasteiger partial charge in [-0.3, -0.25) is 4.90 Å². The predicted octanol–water partition coefficient (Wildman–Crippen LogP) is 6.25. The number of hydrogen-bond acceptors (Lipinski definition) is 8. The zero-order valence-electron chi connectivity index (χ0n) is 25.7. The minimum Gasteiger partial charge on any atom is -0.480 e. The first kappa shape index (κ1) is 32.5. The molecule has 0 unspecified atom stereocenters. The molecule has 250 valence electrons. The summed E-state index contributed by atoms with van der Waals surface area (Å²) in [6.07, 6.45) is -6.56. The number of nitrogens with one attached hydrogen (secondary N) is 1. The van der Waals surface area contributed by atoms with Crippen LogP contribution in [0.3, 0.4) is 0 Å². The summed E-state index contributed by atoms with van der Waals surface area (Å²) in [5.41, 5.74) is -5.25. The molecule has 46 heavy (non-hydrogen) atoms. The quantitative estimate of drug-likeness (QED) is 0.286. The van der Waals surface area contributed by atoms with Crippen molar-refractivity contribution in [2.24, 2.45) is 0 Å². The summed E-state index contributed by atoms with van der Waals surface area (Å²) in [4.78, 5) is 17.0. The number of piperazine rings is 1. The van der Waals surface area contributed by atoms with Gasteiger partial charge < -0.3 is 19.7 Å². The van der Waals surface area contributed by atoms with Crippen molar-refractivity contribution in [3.63, 3.8) is 0 Å². The van der Waals surface area contributed by atoms with E-state index in [2.05, 4.69) is 20.3 Å². The third kappa shape index (κ3) is 5.80. The molecule has 3 aliphatic heterocycles. The van der Waals surface area contributed by atoms with Crippen LogP contribution in [0.1, 0.15) is 55.7 Å². The van der Waals surface area contributed by atoms with E-state index in [1.807, 2.05) is 16.7 Å². The maximum Gasteiger partial charge on any atom is 0.417 e. The molecule has 0 spiro atoms. The lowest BCUT2D eigenvalue weighted by molar-refractivity contribution is -0.137. The molecule has 8 nitrogen and oxygen atoms in total. The third-order valence-corrected chi connectivity index (χ3v) is 9.33. The molecule has 0 radical (unpaired) electrons. The van der Waals surface area contributed by atoms with Crippen LogP contribution in [-0.4, -0.2) is 84.0 Å². The molecule has 5 heterocycles. The van der Waals surface area contributed by atoms with Gasteiger partial charge in [-0.1, -0.05) is 6.92 Å². The number of alkyl halides is 6. The van der Waals surface area contributed by atoms with Crippen molar-refractivity contribution in [1.82, 2.24) is 25.2 Å². The molecular weight excluding hydrogens is 621 g/mol. The topological polar surface area (TPSA) is 75.6 Å². The Kier molecular flexibility index (Phi) is 8.68.